The van der Waals surface area contributed by atoms with E-state index in [0.29, 0.717) is 6.54 Å². The molecule has 4 heteroatoms. The third-order valence-electron chi connectivity index (χ3n) is 4.38. The van der Waals surface area contributed by atoms with Crippen LogP contribution >= 0.6 is 0 Å². The number of ether oxygens (including phenoxy) is 2. The molecule has 0 aliphatic rings. The zero-order valence-electron chi connectivity index (χ0n) is 14.2. The van der Waals surface area contributed by atoms with Crippen LogP contribution < -0.4 is 14.8 Å². The van der Waals surface area contributed by atoms with Crippen LogP contribution in [0.5, 0.6) is 11.5 Å². The second-order valence-corrected chi connectivity index (χ2v) is 5.80. The summed E-state index contributed by atoms with van der Waals surface area (Å²) >= 11 is 0. The van der Waals surface area contributed by atoms with Gasteiger partial charge in [0.2, 0.25) is 0 Å². The van der Waals surface area contributed by atoms with Gasteiger partial charge in [0.25, 0.3) is 0 Å². The van der Waals surface area contributed by atoms with Crippen LogP contribution in [0.4, 0.5) is 5.69 Å². The van der Waals surface area contributed by atoms with Crippen molar-refractivity contribution in [2.75, 3.05) is 19.5 Å². The Morgan fingerprint density at radius 2 is 1.52 bits per heavy atom. The number of rotatable bonds is 5. The van der Waals surface area contributed by atoms with Crippen molar-refractivity contribution in [3.05, 3.63) is 66.2 Å². The van der Waals surface area contributed by atoms with Gasteiger partial charge in [0.05, 0.1) is 19.8 Å². The van der Waals surface area contributed by atoms with Crippen molar-refractivity contribution in [2.24, 2.45) is 0 Å². The van der Waals surface area contributed by atoms with Gasteiger partial charge in [0.15, 0.2) is 0 Å². The summed E-state index contributed by atoms with van der Waals surface area (Å²) in [5, 5.41) is 5.68. The highest BCUT2D eigenvalue weighted by molar-refractivity contribution is 6.05. The van der Waals surface area contributed by atoms with Gasteiger partial charge >= 0.3 is 0 Å². The summed E-state index contributed by atoms with van der Waals surface area (Å²) in [6.07, 6.45) is 0. The third-order valence-corrected chi connectivity index (χ3v) is 4.38. The molecule has 0 atom stereocenters. The van der Waals surface area contributed by atoms with Crippen LogP contribution in [0.2, 0.25) is 0 Å². The van der Waals surface area contributed by atoms with Crippen molar-refractivity contribution < 1.29 is 13.9 Å². The highest BCUT2D eigenvalue weighted by Crippen LogP contribution is 2.32. The van der Waals surface area contributed by atoms with Crippen molar-refractivity contribution in [3.63, 3.8) is 0 Å². The molecule has 0 unspecified atom stereocenters. The first-order chi connectivity index (χ1) is 12.3. The summed E-state index contributed by atoms with van der Waals surface area (Å²) in [5.74, 6) is 1.61. The molecule has 0 aliphatic heterocycles. The Morgan fingerprint density at radius 3 is 2.28 bits per heavy atom. The zero-order valence-corrected chi connectivity index (χ0v) is 14.2. The van der Waals surface area contributed by atoms with E-state index in [4.69, 9.17) is 13.9 Å². The Labute approximate surface area is 146 Å². The van der Waals surface area contributed by atoms with Gasteiger partial charge in [-0.2, -0.15) is 0 Å². The lowest BCUT2D eigenvalue weighted by Crippen LogP contribution is -2.04. The van der Waals surface area contributed by atoms with Crippen LogP contribution in [0.3, 0.4) is 0 Å². The molecule has 3 aromatic carbocycles. The average molecular weight is 333 g/mol. The van der Waals surface area contributed by atoms with E-state index in [-0.39, 0.29) is 0 Å². The molecule has 126 valence electrons. The number of benzene rings is 3. The minimum atomic E-state index is 0.606. The lowest BCUT2D eigenvalue weighted by molar-refractivity contribution is 0.386. The molecule has 0 saturated heterocycles. The smallest absolute Gasteiger partial charge is 0.135 e. The summed E-state index contributed by atoms with van der Waals surface area (Å²) in [4.78, 5) is 0. The number of para-hydroxylation sites is 1. The van der Waals surface area contributed by atoms with Gasteiger partial charge in [-0.25, -0.2) is 0 Å². The Bertz CT molecular complexity index is 1010. The number of fused-ring (bicyclic) bond motifs is 3. The van der Waals surface area contributed by atoms with Crippen LogP contribution in [0.1, 0.15) is 5.56 Å². The molecule has 0 fully saturated rings. The fourth-order valence-corrected chi connectivity index (χ4v) is 3.13. The van der Waals surface area contributed by atoms with Crippen LogP contribution in [-0.2, 0) is 6.54 Å². The monoisotopic (exact) mass is 333 g/mol. The zero-order chi connectivity index (χ0) is 17.2. The topological polar surface area (TPSA) is 43.6 Å². The molecular formula is C21H19NO3. The number of nitrogens with one attached hydrogen (secondary N) is 1. The fourth-order valence-electron chi connectivity index (χ4n) is 3.13. The van der Waals surface area contributed by atoms with E-state index in [1.807, 2.05) is 48.5 Å². The summed E-state index contributed by atoms with van der Waals surface area (Å²) in [5.41, 5.74) is 3.80. The van der Waals surface area contributed by atoms with E-state index in [9.17, 15) is 0 Å². The van der Waals surface area contributed by atoms with E-state index in [1.165, 1.54) is 0 Å². The maximum Gasteiger partial charge on any atom is 0.135 e. The van der Waals surface area contributed by atoms with Crippen molar-refractivity contribution >= 4 is 27.6 Å². The van der Waals surface area contributed by atoms with Gasteiger partial charge in [-0.1, -0.05) is 24.3 Å². The quantitative estimate of drug-likeness (QED) is 0.544. The molecule has 0 radical (unpaired) electrons. The second-order valence-electron chi connectivity index (χ2n) is 5.80. The van der Waals surface area contributed by atoms with E-state index in [2.05, 4.69) is 17.4 Å². The van der Waals surface area contributed by atoms with Gasteiger partial charge in [0, 0.05) is 23.0 Å². The molecule has 0 bridgehead atoms. The molecule has 1 aromatic heterocycles. The predicted molar refractivity (Wildman–Crippen MR) is 101 cm³/mol. The maximum absolute atomic E-state index is 5.88. The standard InChI is InChI=1S/C21H19NO3/c1-23-18-8-5-9-19(24-2)17(18)13-22-14-10-11-21-16(12-14)15-6-3-4-7-20(15)25-21/h3-12,22H,13H2,1-2H3. The van der Waals surface area contributed by atoms with Crippen LogP contribution in [0.15, 0.2) is 65.1 Å². The molecule has 1 N–H and O–H groups in total. The molecule has 4 rings (SSSR count). The molecule has 4 aromatic rings. The Hall–Kier alpha value is -3.14. The van der Waals surface area contributed by atoms with Crippen molar-refractivity contribution in [3.8, 4) is 11.5 Å². The first kappa shape index (κ1) is 15.4. The first-order valence-corrected chi connectivity index (χ1v) is 8.15. The van der Waals surface area contributed by atoms with Crippen LogP contribution in [0.25, 0.3) is 21.9 Å². The molecule has 0 saturated carbocycles. The Kier molecular flexibility index (Phi) is 3.94. The van der Waals surface area contributed by atoms with E-state index in [0.717, 1.165) is 44.7 Å². The van der Waals surface area contributed by atoms with E-state index in [1.54, 1.807) is 14.2 Å². The molecule has 0 spiro atoms. The molecule has 1 heterocycles. The summed E-state index contributed by atoms with van der Waals surface area (Å²) < 4.78 is 16.8. The molecular weight excluding hydrogens is 314 g/mol. The van der Waals surface area contributed by atoms with Gasteiger partial charge in [-0.15, -0.1) is 0 Å². The van der Waals surface area contributed by atoms with Crippen LogP contribution in [0, 0.1) is 0 Å². The number of hydrogen-bond donors (Lipinski definition) is 1. The van der Waals surface area contributed by atoms with Gasteiger partial charge in [-0.05, 0) is 36.4 Å². The van der Waals surface area contributed by atoms with Crippen molar-refractivity contribution in [1.29, 1.82) is 0 Å². The number of anilines is 1. The third kappa shape index (κ3) is 2.76. The number of furan rings is 1. The number of methoxy groups -OCH3 is 2. The highest BCUT2D eigenvalue weighted by atomic mass is 16.5. The Balaban J connectivity index is 1.67. The maximum atomic E-state index is 5.88. The first-order valence-electron chi connectivity index (χ1n) is 8.15. The second kappa shape index (κ2) is 6.40. The van der Waals surface area contributed by atoms with Gasteiger partial charge in [-0.3, -0.25) is 0 Å². The Morgan fingerprint density at radius 1 is 0.800 bits per heavy atom. The van der Waals surface area contributed by atoms with Crippen LogP contribution in [-0.4, -0.2) is 14.2 Å². The minimum Gasteiger partial charge on any atom is -0.496 e. The summed E-state index contributed by atoms with van der Waals surface area (Å²) in [7, 11) is 3.34. The van der Waals surface area contributed by atoms with E-state index < -0.39 is 0 Å². The summed E-state index contributed by atoms with van der Waals surface area (Å²) in [6.45, 7) is 0.606. The van der Waals surface area contributed by atoms with Gasteiger partial charge < -0.3 is 19.2 Å². The van der Waals surface area contributed by atoms with E-state index >= 15 is 0 Å². The molecule has 0 amide bonds. The molecule has 0 aliphatic carbocycles. The minimum absolute atomic E-state index is 0.606. The molecule has 25 heavy (non-hydrogen) atoms. The largest absolute Gasteiger partial charge is 0.496 e. The molecule has 4 nitrogen and oxygen atoms in total. The SMILES string of the molecule is COc1cccc(OC)c1CNc1ccc2oc3ccccc3c2c1. The van der Waals surface area contributed by atoms with Crippen molar-refractivity contribution in [1.82, 2.24) is 0 Å². The average Bonchev–Trinajstić information content (AvgIpc) is 3.04. The van der Waals surface area contributed by atoms with Crippen molar-refractivity contribution in [2.45, 2.75) is 6.54 Å². The summed E-state index contributed by atoms with van der Waals surface area (Å²) in [6, 6.07) is 20.0. The highest BCUT2D eigenvalue weighted by Gasteiger charge is 2.11. The lowest BCUT2D eigenvalue weighted by Gasteiger charge is -2.14. The van der Waals surface area contributed by atoms with Gasteiger partial charge in [0.1, 0.15) is 22.7 Å². The normalized spacial score (nSPS) is 11.0. The fraction of sp³-hybridized carbons (Fsp3) is 0.143. The lowest BCUT2D eigenvalue weighted by atomic mass is 10.1. The number of hydrogen-bond acceptors (Lipinski definition) is 4. The predicted octanol–water partition coefficient (Wildman–Crippen LogP) is 5.22.